The van der Waals surface area contributed by atoms with Crippen LogP contribution in [0.4, 0.5) is 0 Å². The largest absolute Gasteiger partial charge is 0.387 e. The van der Waals surface area contributed by atoms with Crippen molar-refractivity contribution in [1.29, 1.82) is 0 Å². The van der Waals surface area contributed by atoms with Gasteiger partial charge in [0.05, 0.1) is 32.9 Å². The molecule has 0 fully saturated rings. The van der Waals surface area contributed by atoms with Gasteiger partial charge >= 0.3 is 0 Å². The van der Waals surface area contributed by atoms with Crippen LogP contribution >= 0.6 is 0 Å². The third kappa shape index (κ3) is 4.76. The average molecular weight is 965 g/mol. The van der Waals surface area contributed by atoms with Crippen LogP contribution in [0.1, 0.15) is 44.5 Å². The maximum Gasteiger partial charge on any atom is 0.0733 e. The number of fused-ring (bicyclic) bond motifs is 27. The quantitative estimate of drug-likeness (QED) is 0.191. The highest BCUT2D eigenvalue weighted by atomic mass is 15.0. The summed E-state index contributed by atoms with van der Waals surface area (Å²) in [6.45, 7) is 0.802. The molecule has 352 valence electrons. The molecule has 1 N–H and O–H groups in total. The fourth-order valence-corrected chi connectivity index (χ4v) is 15.4. The molecule has 1 aliphatic heterocycles. The molecule has 4 aliphatic carbocycles. The van der Waals surface area contributed by atoms with Crippen LogP contribution in [0.5, 0.6) is 0 Å². The molecule has 13 aromatic rings. The maximum atomic E-state index is 4.73. The number of aromatic nitrogens is 3. The number of rotatable bonds is 3. The number of benzene rings is 10. The lowest BCUT2D eigenvalue weighted by molar-refractivity contribution is 0.786. The van der Waals surface area contributed by atoms with E-state index in [-0.39, 0.29) is 0 Å². The Balaban J connectivity index is 0.774. The highest BCUT2D eigenvalue weighted by molar-refractivity contribution is 6.18. The van der Waals surface area contributed by atoms with Crippen LogP contribution in [0.2, 0.25) is 0 Å². The molecule has 18 rings (SSSR count). The van der Waals surface area contributed by atoms with Gasteiger partial charge in [0, 0.05) is 57.4 Å². The van der Waals surface area contributed by atoms with E-state index in [1.165, 1.54) is 144 Å². The Kier molecular flexibility index (Phi) is 7.76. The molecule has 10 aromatic carbocycles. The minimum atomic E-state index is -0.479. The Morgan fingerprint density at radius 1 is 0.368 bits per heavy atom. The Morgan fingerprint density at radius 2 is 0.816 bits per heavy atom. The Hall–Kier alpha value is -9.77. The molecule has 4 heteroatoms. The van der Waals surface area contributed by atoms with Gasteiger partial charge in [-0.2, -0.15) is 0 Å². The highest BCUT2D eigenvalue weighted by Gasteiger charge is 2.55. The second-order valence-electron chi connectivity index (χ2n) is 21.3. The Morgan fingerprint density at radius 3 is 1.36 bits per heavy atom. The second kappa shape index (κ2) is 14.5. The number of nitrogens with zero attached hydrogens (tertiary/aromatic N) is 3. The fourth-order valence-electron chi connectivity index (χ4n) is 15.4. The molecule has 4 heterocycles. The zero-order chi connectivity index (χ0) is 49.4. The summed E-state index contributed by atoms with van der Waals surface area (Å²) in [6.07, 6.45) is 8.56. The summed E-state index contributed by atoms with van der Waals surface area (Å²) >= 11 is 0. The molecule has 0 unspecified atom stereocenters. The molecule has 2 spiro atoms. The minimum Gasteiger partial charge on any atom is -0.387 e. The van der Waals surface area contributed by atoms with Gasteiger partial charge in [0.25, 0.3) is 0 Å². The van der Waals surface area contributed by atoms with Crippen molar-refractivity contribution in [3.63, 3.8) is 0 Å². The van der Waals surface area contributed by atoms with Crippen LogP contribution in [0, 0.1) is 0 Å². The van der Waals surface area contributed by atoms with E-state index < -0.39 is 10.8 Å². The molecular formula is C72H44N4. The van der Waals surface area contributed by atoms with Gasteiger partial charge in [-0.05, 0) is 161 Å². The topological polar surface area (TPSA) is 34.8 Å². The molecule has 0 saturated carbocycles. The van der Waals surface area contributed by atoms with Crippen molar-refractivity contribution in [2.75, 3.05) is 6.54 Å². The third-order valence-corrected chi connectivity index (χ3v) is 18.1. The molecule has 5 aliphatic rings. The van der Waals surface area contributed by atoms with Gasteiger partial charge in [0.1, 0.15) is 0 Å². The van der Waals surface area contributed by atoms with Crippen molar-refractivity contribution in [1.82, 2.24) is 19.4 Å². The van der Waals surface area contributed by atoms with E-state index in [1.807, 2.05) is 6.20 Å². The van der Waals surface area contributed by atoms with Crippen molar-refractivity contribution in [2.45, 2.75) is 10.8 Å². The Bertz CT molecular complexity index is 4700. The lowest BCUT2D eigenvalue weighted by Gasteiger charge is -2.32. The van der Waals surface area contributed by atoms with E-state index in [1.54, 1.807) is 0 Å². The van der Waals surface area contributed by atoms with E-state index in [2.05, 4.69) is 257 Å². The monoisotopic (exact) mass is 964 g/mol. The van der Waals surface area contributed by atoms with Crippen LogP contribution < -0.4 is 5.32 Å². The summed E-state index contributed by atoms with van der Waals surface area (Å²) in [7, 11) is 0. The van der Waals surface area contributed by atoms with Crippen LogP contribution in [0.25, 0.3) is 105 Å². The summed E-state index contributed by atoms with van der Waals surface area (Å²) in [5, 5.41) is 8.74. The lowest BCUT2D eigenvalue weighted by atomic mass is 9.68. The first-order chi connectivity index (χ1) is 37.7. The van der Waals surface area contributed by atoms with Gasteiger partial charge in [-0.3, -0.25) is 4.98 Å². The number of allylic oxidation sites excluding steroid dienone is 2. The third-order valence-electron chi connectivity index (χ3n) is 18.1. The van der Waals surface area contributed by atoms with Crippen molar-refractivity contribution in [2.24, 2.45) is 0 Å². The van der Waals surface area contributed by atoms with Gasteiger partial charge < -0.3 is 14.5 Å². The fraction of sp³-hybridized carbons (Fsp3) is 0.0417. The highest BCUT2D eigenvalue weighted by Crippen LogP contribution is 2.66. The van der Waals surface area contributed by atoms with Crippen molar-refractivity contribution in [3.05, 3.63) is 299 Å². The Labute approximate surface area is 438 Å². The van der Waals surface area contributed by atoms with E-state index in [0.717, 1.165) is 17.9 Å². The summed E-state index contributed by atoms with van der Waals surface area (Å²) < 4.78 is 4.97. The van der Waals surface area contributed by atoms with E-state index in [4.69, 9.17) is 4.98 Å². The molecule has 3 aromatic heterocycles. The van der Waals surface area contributed by atoms with Crippen molar-refractivity contribution in [3.8, 4) is 55.9 Å². The summed E-state index contributed by atoms with van der Waals surface area (Å²) in [5.41, 5.74) is 29.9. The summed E-state index contributed by atoms with van der Waals surface area (Å²) in [4.78, 5) is 4.73. The molecule has 0 atom stereocenters. The molecule has 0 bridgehead atoms. The second-order valence-corrected chi connectivity index (χ2v) is 21.3. The average Bonchev–Trinajstić information content (AvgIpc) is 3.68. The maximum absolute atomic E-state index is 4.73. The molecule has 0 radical (unpaired) electrons. The number of dihydropyridines is 1. The SMILES string of the molecule is C1=CC2=C(CN1)c1ccc3c(c1C21c2ccccc2-c2ccccc21)c1ccccc1n3-c1ccc(-c2ccc(-n3c4ccccc4c4c5c(ccc43)-c3cnccc3C53c4ccccc4-c4ccccc43)cc2)cc1. The van der Waals surface area contributed by atoms with Crippen LogP contribution in [-0.4, -0.2) is 20.7 Å². The standard InChI is InChI=1S/C72H44N4/c1-7-19-57-47(13-1)48-14-2-8-20-58(48)71(57)61-37-39-73-41-55(61)51-33-35-65-67(69(51)71)53-17-5-11-23-63(53)75(65)45-29-25-43(26-30-45)44-27-31-46(32-28-44)76-64-24-12-6-18-54(64)68-66(76)36-34-52-56-42-74-40-38-62(56)72(70(52)68)59-21-9-3-15-49(59)50-16-4-10-22-60(50)72/h1-41,74H,42H2. The van der Waals surface area contributed by atoms with Crippen molar-refractivity contribution < 1.29 is 0 Å². The van der Waals surface area contributed by atoms with Gasteiger partial charge in [-0.1, -0.05) is 170 Å². The molecule has 4 nitrogen and oxygen atoms in total. The molecular weight excluding hydrogens is 921 g/mol. The van der Waals surface area contributed by atoms with Crippen LogP contribution in [0.3, 0.4) is 0 Å². The van der Waals surface area contributed by atoms with Gasteiger partial charge in [-0.25, -0.2) is 0 Å². The van der Waals surface area contributed by atoms with Crippen LogP contribution in [0.15, 0.2) is 255 Å². The first-order valence-electron chi connectivity index (χ1n) is 26.6. The number of pyridine rings is 1. The summed E-state index contributed by atoms with van der Waals surface area (Å²) in [6, 6.07) is 84.5. The zero-order valence-corrected chi connectivity index (χ0v) is 41.2. The van der Waals surface area contributed by atoms with E-state index in [9.17, 15) is 0 Å². The van der Waals surface area contributed by atoms with Crippen LogP contribution in [-0.2, 0) is 10.8 Å². The first-order valence-corrected chi connectivity index (χ1v) is 26.6. The first kappa shape index (κ1) is 40.7. The predicted octanol–water partition coefficient (Wildman–Crippen LogP) is 16.5. The zero-order valence-electron chi connectivity index (χ0n) is 41.2. The van der Waals surface area contributed by atoms with E-state index in [0.29, 0.717) is 0 Å². The minimum absolute atomic E-state index is 0.430. The number of hydrogen-bond donors (Lipinski definition) is 1. The number of nitrogens with one attached hydrogen (secondary N) is 1. The van der Waals surface area contributed by atoms with Gasteiger partial charge in [0.2, 0.25) is 0 Å². The normalized spacial score (nSPS) is 15.3. The predicted molar refractivity (Wildman–Crippen MR) is 310 cm³/mol. The number of hydrogen-bond acceptors (Lipinski definition) is 2. The lowest BCUT2D eigenvalue weighted by Crippen LogP contribution is -2.28. The number of para-hydroxylation sites is 2. The van der Waals surface area contributed by atoms with E-state index >= 15 is 0 Å². The molecule has 0 amide bonds. The van der Waals surface area contributed by atoms with Gasteiger partial charge in [0.15, 0.2) is 0 Å². The van der Waals surface area contributed by atoms with Gasteiger partial charge in [-0.15, -0.1) is 0 Å². The van der Waals surface area contributed by atoms with Crippen molar-refractivity contribution >= 4 is 49.2 Å². The smallest absolute Gasteiger partial charge is 0.0733 e. The summed E-state index contributed by atoms with van der Waals surface area (Å²) in [5.74, 6) is 0. The molecule has 0 saturated heterocycles. The molecule has 76 heavy (non-hydrogen) atoms.